The van der Waals surface area contributed by atoms with E-state index in [1.165, 1.54) is 11.8 Å². The summed E-state index contributed by atoms with van der Waals surface area (Å²) in [5.41, 5.74) is -0.561. The first-order valence-corrected chi connectivity index (χ1v) is 16.1. The van der Waals surface area contributed by atoms with Gasteiger partial charge < -0.3 is 20.6 Å². The number of guanidine groups is 1. The molecule has 9 nitrogen and oxygen atoms in total. The Morgan fingerprint density at radius 3 is 2.67 bits per heavy atom. The van der Waals surface area contributed by atoms with Crippen molar-refractivity contribution in [3.05, 3.63) is 35.9 Å². The number of hydrogen-bond donors (Lipinski definition) is 3. The molecule has 1 aromatic rings. The SMILES string of the molecule is C=C(SC(=NC)[C@@]1(O)CC[C@H](C(=O)NCCCN2CCCC2=O)C(C)(C)C1)c1cc(C)cc(NC2=NCCC(C(F)(F)F)=N2)c1. The second-order valence-corrected chi connectivity index (χ2v) is 13.8. The lowest BCUT2D eigenvalue weighted by Gasteiger charge is -2.46. The third kappa shape index (κ3) is 8.75. The molecule has 2 atom stereocenters. The van der Waals surface area contributed by atoms with Crippen molar-refractivity contribution in [2.75, 3.05) is 38.5 Å². The van der Waals surface area contributed by atoms with E-state index < -0.39 is 22.9 Å². The van der Waals surface area contributed by atoms with Crippen molar-refractivity contribution in [2.24, 2.45) is 26.3 Å². The summed E-state index contributed by atoms with van der Waals surface area (Å²) in [5.74, 6) is -0.255. The Bertz CT molecular complexity index is 1410. The van der Waals surface area contributed by atoms with Crippen LogP contribution in [0, 0.1) is 18.3 Å². The van der Waals surface area contributed by atoms with Gasteiger partial charge in [-0.1, -0.05) is 38.3 Å². The standard InChI is InChI=1S/C32H43F3N6O3S/c1-20-16-22(18-23(17-20)39-29-38-13-10-25(40-29)32(33,34)35)21(2)45-28(36-5)31(44)11-9-24(30(3,4)19-31)27(43)37-12-7-15-41-14-6-8-26(41)42/h16-18,24,44H,2,6-15,19H2,1,3-5H3,(H,37,43)(H,38,39)/t24-,31-/m1/s1. The second kappa shape index (κ2) is 14.1. The van der Waals surface area contributed by atoms with E-state index in [4.69, 9.17) is 0 Å². The minimum Gasteiger partial charge on any atom is -0.383 e. The summed E-state index contributed by atoms with van der Waals surface area (Å²) >= 11 is 1.25. The second-order valence-electron chi connectivity index (χ2n) is 12.7. The van der Waals surface area contributed by atoms with Gasteiger partial charge in [-0.15, -0.1) is 0 Å². The van der Waals surface area contributed by atoms with Crippen LogP contribution in [0.25, 0.3) is 4.91 Å². The normalized spacial score (nSPS) is 23.8. The monoisotopic (exact) mass is 648 g/mol. The van der Waals surface area contributed by atoms with Gasteiger partial charge in [-0.2, -0.15) is 13.2 Å². The van der Waals surface area contributed by atoms with Gasteiger partial charge in [0.15, 0.2) is 0 Å². The molecule has 1 saturated heterocycles. The molecule has 0 bridgehead atoms. The van der Waals surface area contributed by atoms with Crippen molar-refractivity contribution in [3.63, 3.8) is 0 Å². The molecule has 4 rings (SSSR count). The number of likely N-dealkylation sites (tertiary alicyclic amines) is 1. The third-order valence-corrected chi connectivity index (χ3v) is 9.82. The van der Waals surface area contributed by atoms with Gasteiger partial charge in [0.25, 0.3) is 0 Å². The molecule has 1 aromatic carbocycles. The summed E-state index contributed by atoms with van der Waals surface area (Å²) in [6.07, 6.45) is -1.41. The minimum atomic E-state index is -4.51. The Hall–Kier alpha value is -3.19. The number of hydrogen-bond acceptors (Lipinski definition) is 8. The van der Waals surface area contributed by atoms with Crippen LogP contribution in [0.4, 0.5) is 18.9 Å². The number of aliphatic hydroxyl groups is 1. The number of carbonyl (C=O) groups excluding carboxylic acids is 2. The van der Waals surface area contributed by atoms with Crippen molar-refractivity contribution >= 4 is 50.9 Å². The number of carbonyl (C=O) groups is 2. The highest BCUT2D eigenvalue weighted by Gasteiger charge is 2.49. The quantitative estimate of drug-likeness (QED) is 0.183. The highest BCUT2D eigenvalue weighted by atomic mass is 32.2. The van der Waals surface area contributed by atoms with E-state index in [0.717, 1.165) is 18.5 Å². The van der Waals surface area contributed by atoms with Crippen LogP contribution in [0.5, 0.6) is 0 Å². The molecule has 45 heavy (non-hydrogen) atoms. The molecule has 0 aromatic heterocycles. The highest BCUT2D eigenvalue weighted by Crippen LogP contribution is 2.48. The molecule has 3 aliphatic rings. The van der Waals surface area contributed by atoms with E-state index in [1.54, 1.807) is 19.2 Å². The Morgan fingerprint density at radius 1 is 1.27 bits per heavy atom. The Labute approximate surface area is 266 Å². The zero-order chi connectivity index (χ0) is 33.0. The summed E-state index contributed by atoms with van der Waals surface area (Å²) in [6.45, 7) is 12.0. The molecule has 2 amide bonds. The number of nitrogens with one attached hydrogen (secondary N) is 2. The van der Waals surface area contributed by atoms with Gasteiger partial charge in [0.2, 0.25) is 17.8 Å². The zero-order valence-electron chi connectivity index (χ0n) is 26.4. The van der Waals surface area contributed by atoms with Crippen molar-refractivity contribution in [3.8, 4) is 0 Å². The van der Waals surface area contributed by atoms with Crippen LogP contribution in [-0.2, 0) is 9.59 Å². The number of nitrogens with zero attached hydrogens (tertiary/aromatic N) is 4. The average Bonchev–Trinajstić information content (AvgIpc) is 3.36. The molecule has 0 spiro atoms. The molecular formula is C32H43F3N6O3S. The Balaban J connectivity index is 1.37. The number of aryl methyl sites for hydroxylation is 1. The maximum atomic E-state index is 13.2. The van der Waals surface area contributed by atoms with E-state index in [1.807, 2.05) is 31.7 Å². The number of alkyl halides is 3. The lowest BCUT2D eigenvalue weighted by Crippen LogP contribution is -2.52. The van der Waals surface area contributed by atoms with E-state index >= 15 is 0 Å². The molecule has 3 N–H and O–H groups in total. The molecule has 2 heterocycles. The molecule has 2 aliphatic heterocycles. The van der Waals surface area contributed by atoms with Gasteiger partial charge in [-0.25, -0.2) is 4.99 Å². The van der Waals surface area contributed by atoms with E-state index in [2.05, 4.69) is 32.2 Å². The number of halogens is 3. The van der Waals surface area contributed by atoms with Gasteiger partial charge in [-0.3, -0.25) is 19.6 Å². The predicted molar refractivity (Wildman–Crippen MR) is 175 cm³/mol. The molecule has 1 aliphatic carbocycles. The van der Waals surface area contributed by atoms with Crippen molar-refractivity contribution in [2.45, 2.75) is 77.5 Å². The Kier molecular flexibility index (Phi) is 10.8. The predicted octanol–water partition coefficient (Wildman–Crippen LogP) is 5.59. The maximum absolute atomic E-state index is 13.2. The van der Waals surface area contributed by atoms with Crippen LogP contribution in [0.2, 0.25) is 0 Å². The van der Waals surface area contributed by atoms with Gasteiger partial charge >= 0.3 is 6.18 Å². The number of amides is 2. The highest BCUT2D eigenvalue weighted by molar-refractivity contribution is 8.21. The van der Waals surface area contributed by atoms with Gasteiger partial charge in [0.1, 0.15) is 16.4 Å². The molecule has 2 fully saturated rings. The van der Waals surface area contributed by atoms with Crippen LogP contribution >= 0.6 is 11.8 Å². The lowest BCUT2D eigenvalue weighted by atomic mass is 9.63. The summed E-state index contributed by atoms with van der Waals surface area (Å²) in [5, 5.41) is 18.3. The van der Waals surface area contributed by atoms with Crippen LogP contribution in [0.15, 0.2) is 39.8 Å². The first-order valence-electron chi connectivity index (χ1n) is 15.3. The van der Waals surface area contributed by atoms with E-state index in [-0.39, 0.29) is 36.7 Å². The summed E-state index contributed by atoms with van der Waals surface area (Å²) < 4.78 is 39.5. The average molecular weight is 649 g/mol. The lowest BCUT2D eigenvalue weighted by molar-refractivity contribution is -0.133. The first-order chi connectivity index (χ1) is 21.1. The summed E-state index contributed by atoms with van der Waals surface area (Å²) in [6, 6.07) is 5.44. The first kappa shape index (κ1) is 34.7. The molecule has 0 radical (unpaired) electrons. The van der Waals surface area contributed by atoms with Crippen LogP contribution < -0.4 is 10.6 Å². The van der Waals surface area contributed by atoms with E-state index in [0.29, 0.717) is 66.4 Å². The maximum Gasteiger partial charge on any atom is 0.429 e. The van der Waals surface area contributed by atoms with Crippen molar-refractivity contribution in [1.82, 2.24) is 10.2 Å². The minimum absolute atomic E-state index is 0.00339. The number of anilines is 1. The summed E-state index contributed by atoms with van der Waals surface area (Å²) in [4.78, 5) is 39.6. The third-order valence-electron chi connectivity index (χ3n) is 8.58. The van der Waals surface area contributed by atoms with Gasteiger partial charge in [-0.05, 0) is 67.7 Å². The molecule has 1 saturated carbocycles. The smallest absolute Gasteiger partial charge is 0.383 e. The molecule has 246 valence electrons. The molecular weight excluding hydrogens is 605 g/mol. The van der Waals surface area contributed by atoms with Crippen LogP contribution in [0.3, 0.4) is 0 Å². The van der Waals surface area contributed by atoms with Gasteiger partial charge in [0, 0.05) is 62.6 Å². The fourth-order valence-electron chi connectivity index (χ4n) is 6.38. The van der Waals surface area contributed by atoms with Crippen LogP contribution in [-0.4, -0.2) is 83.5 Å². The fourth-order valence-corrected chi connectivity index (χ4v) is 7.31. The topological polar surface area (TPSA) is 119 Å². The van der Waals surface area contributed by atoms with E-state index in [9.17, 15) is 27.9 Å². The number of thioether (sulfide) groups is 1. The molecule has 13 heteroatoms. The Morgan fingerprint density at radius 2 is 2.02 bits per heavy atom. The largest absolute Gasteiger partial charge is 0.429 e. The van der Waals surface area contributed by atoms with Crippen LogP contribution in [0.1, 0.15) is 69.9 Å². The fraction of sp³-hybridized carbons (Fsp3) is 0.594. The zero-order valence-corrected chi connectivity index (χ0v) is 27.2. The van der Waals surface area contributed by atoms with Gasteiger partial charge in [0.05, 0.1) is 0 Å². The number of benzene rings is 1. The number of aliphatic imine (C=N–C) groups is 3. The van der Waals surface area contributed by atoms with Crippen molar-refractivity contribution < 1.29 is 27.9 Å². The number of rotatable bonds is 9. The molecule has 0 unspecified atom stereocenters. The van der Waals surface area contributed by atoms with Crippen molar-refractivity contribution in [1.29, 1.82) is 0 Å². The summed E-state index contributed by atoms with van der Waals surface area (Å²) in [7, 11) is 1.62.